The van der Waals surface area contributed by atoms with Crippen LogP contribution in [0.2, 0.25) is 0 Å². The van der Waals surface area contributed by atoms with Crippen LogP contribution in [0.3, 0.4) is 0 Å². The summed E-state index contributed by atoms with van der Waals surface area (Å²) in [5.74, 6) is -1.31. The van der Waals surface area contributed by atoms with Crippen molar-refractivity contribution in [3.63, 3.8) is 0 Å². The smallest absolute Gasteiger partial charge is 0.339 e. The molecule has 0 fully saturated rings. The number of carboxylic acids is 1. The summed E-state index contributed by atoms with van der Waals surface area (Å²) < 4.78 is 28.7. The van der Waals surface area contributed by atoms with Gasteiger partial charge in [0.2, 0.25) is 0 Å². The lowest BCUT2D eigenvalue weighted by Crippen LogP contribution is -2.11. The minimum Gasteiger partial charge on any atom is -0.496 e. The third kappa shape index (κ3) is 2.73. The van der Waals surface area contributed by atoms with E-state index in [1.807, 2.05) is 0 Å². The molecule has 0 atom stereocenters. The third-order valence-corrected chi connectivity index (χ3v) is 4.34. The van der Waals surface area contributed by atoms with E-state index in [0.29, 0.717) is 6.42 Å². The van der Waals surface area contributed by atoms with E-state index in [1.165, 1.54) is 13.2 Å². The molecule has 0 aromatic heterocycles. The summed E-state index contributed by atoms with van der Waals surface area (Å²) in [4.78, 5) is 10.8. The molecule has 1 rings (SSSR count). The molecule has 0 aliphatic heterocycles. The number of methoxy groups -OCH3 is 1. The first-order valence-electron chi connectivity index (χ1n) is 5.27. The number of aromatic carboxylic acids is 1. The van der Waals surface area contributed by atoms with Crippen molar-refractivity contribution < 1.29 is 23.1 Å². The number of nitrogen functional groups attached to an aromatic ring is 1. The minimum absolute atomic E-state index is 0.00898. The number of anilines is 1. The predicted octanol–water partition coefficient (Wildman–Crippen LogP) is 1.16. The summed E-state index contributed by atoms with van der Waals surface area (Å²) in [6.07, 6.45) is 0.427. The van der Waals surface area contributed by atoms with Gasteiger partial charge in [0.15, 0.2) is 9.84 Å². The van der Waals surface area contributed by atoms with Crippen LogP contribution < -0.4 is 10.5 Å². The van der Waals surface area contributed by atoms with Crippen LogP contribution in [-0.2, 0) is 9.84 Å². The van der Waals surface area contributed by atoms with Gasteiger partial charge in [0.25, 0.3) is 0 Å². The molecule has 3 N–H and O–H groups in total. The molecule has 0 saturated carbocycles. The molecule has 100 valence electrons. The van der Waals surface area contributed by atoms with E-state index in [9.17, 15) is 13.2 Å². The number of hydrogen-bond acceptors (Lipinski definition) is 5. The van der Waals surface area contributed by atoms with E-state index in [1.54, 1.807) is 6.92 Å². The zero-order valence-corrected chi connectivity index (χ0v) is 11.0. The zero-order chi connectivity index (χ0) is 13.9. The number of hydrogen-bond donors (Lipinski definition) is 2. The highest BCUT2D eigenvalue weighted by atomic mass is 32.2. The average Bonchev–Trinajstić information content (AvgIpc) is 2.27. The van der Waals surface area contributed by atoms with Gasteiger partial charge in [-0.1, -0.05) is 6.92 Å². The molecule has 6 nitrogen and oxygen atoms in total. The molecule has 0 bridgehead atoms. The van der Waals surface area contributed by atoms with Gasteiger partial charge in [-0.05, 0) is 12.5 Å². The minimum atomic E-state index is -3.57. The highest BCUT2D eigenvalue weighted by molar-refractivity contribution is 7.91. The summed E-state index contributed by atoms with van der Waals surface area (Å²) in [6, 6.07) is 2.26. The maximum absolute atomic E-state index is 11.9. The van der Waals surface area contributed by atoms with Crippen LogP contribution in [0.1, 0.15) is 23.7 Å². The maximum Gasteiger partial charge on any atom is 0.339 e. The number of sulfone groups is 1. The van der Waals surface area contributed by atoms with Crippen molar-refractivity contribution in [1.82, 2.24) is 0 Å². The van der Waals surface area contributed by atoms with Crippen LogP contribution >= 0.6 is 0 Å². The highest BCUT2D eigenvalue weighted by Crippen LogP contribution is 2.29. The molecular weight excluding hydrogens is 258 g/mol. The van der Waals surface area contributed by atoms with Gasteiger partial charge in [-0.3, -0.25) is 0 Å². The highest BCUT2D eigenvalue weighted by Gasteiger charge is 2.22. The predicted molar refractivity (Wildman–Crippen MR) is 66.7 cm³/mol. The number of ether oxygens (including phenoxy) is 1. The number of nitrogens with two attached hydrogens (primary N) is 1. The zero-order valence-electron chi connectivity index (χ0n) is 10.1. The lowest BCUT2D eigenvalue weighted by molar-refractivity contribution is 0.0693. The second-order valence-corrected chi connectivity index (χ2v) is 5.79. The van der Waals surface area contributed by atoms with E-state index in [2.05, 4.69) is 0 Å². The van der Waals surface area contributed by atoms with Gasteiger partial charge in [0, 0.05) is 6.07 Å². The number of rotatable bonds is 5. The molecule has 0 spiro atoms. The van der Waals surface area contributed by atoms with Crippen LogP contribution in [0.15, 0.2) is 17.0 Å². The Morgan fingerprint density at radius 2 is 2.06 bits per heavy atom. The first kappa shape index (κ1) is 14.3. The molecule has 18 heavy (non-hydrogen) atoms. The second kappa shape index (κ2) is 5.26. The first-order chi connectivity index (χ1) is 8.33. The Bertz CT molecular complexity index is 565. The van der Waals surface area contributed by atoms with E-state index in [4.69, 9.17) is 15.6 Å². The van der Waals surface area contributed by atoms with Crippen molar-refractivity contribution >= 4 is 21.5 Å². The lowest BCUT2D eigenvalue weighted by atomic mass is 10.2. The van der Waals surface area contributed by atoms with Crippen molar-refractivity contribution in [2.24, 2.45) is 0 Å². The molecule has 0 aliphatic rings. The van der Waals surface area contributed by atoms with Crippen LogP contribution in [0.5, 0.6) is 5.75 Å². The van der Waals surface area contributed by atoms with Gasteiger partial charge < -0.3 is 15.6 Å². The summed E-state index contributed by atoms with van der Waals surface area (Å²) in [5, 5.41) is 8.99. The average molecular weight is 273 g/mol. The van der Waals surface area contributed by atoms with Crippen molar-refractivity contribution in [1.29, 1.82) is 0 Å². The van der Waals surface area contributed by atoms with Gasteiger partial charge in [-0.2, -0.15) is 0 Å². The summed E-state index contributed by atoms with van der Waals surface area (Å²) in [7, 11) is -2.27. The lowest BCUT2D eigenvalue weighted by Gasteiger charge is -2.11. The van der Waals surface area contributed by atoms with Crippen molar-refractivity contribution in [2.75, 3.05) is 18.6 Å². The van der Waals surface area contributed by atoms with Crippen molar-refractivity contribution in [2.45, 2.75) is 18.2 Å². The fourth-order valence-electron chi connectivity index (χ4n) is 1.56. The Morgan fingerprint density at radius 1 is 1.44 bits per heavy atom. The Morgan fingerprint density at radius 3 is 2.50 bits per heavy atom. The molecule has 0 saturated heterocycles. The normalized spacial score (nSPS) is 11.2. The number of carbonyl (C=O) groups is 1. The molecule has 0 unspecified atom stereocenters. The topological polar surface area (TPSA) is 107 Å². The fraction of sp³-hybridized carbons (Fsp3) is 0.364. The van der Waals surface area contributed by atoms with Gasteiger partial charge in [0.1, 0.15) is 11.3 Å². The summed E-state index contributed by atoms with van der Waals surface area (Å²) in [5.41, 5.74) is 5.40. The van der Waals surface area contributed by atoms with Gasteiger partial charge in [-0.15, -0.1) is 0 Å². The maximum atomic E-state index is 11.9. The molecule has 1 aromatic rings. The first-order valence-corrected chi connectivity index (χ1v) is 6.92. The van der Waals surface area contributed by atoms with Crippen LogP contribution in [0.4, 0.5) is 5.69 Å². The van der Waals surface area contributed by atoms with Crippen molar-refractivity contribution in [3.8, 4) is 5.75 Å². The van der Waals surface area contributed by atoms with E-state index in [0.717, 1.165) is 6.07 Å². The Hall–Kier alpha value is -1.76. The molecule has 0 amide bonds. The van der Waals surface area contributed by atoms with E-state index >= 15 is 0 Å². The van der Waals surface area contributed by atoms with Gasteiger partial charge in [0.05, 0.1) is 23.4 Å². The summed E-state index contributed by atoms with van der Waals surface area (Å²) >= 11 is 0. The molecule has 1 aromatic carbocycles. The monoisotopic (exact) mass is 273 g/mol. The van der Waals surface area contributed by atoms with Gasteiger partial charge >= 0.3 is 5.97 Å². The van der Waals surface area contributed by atoms with Gasteiger partial charge in [-0.25, -0.2) is 13.2 Å². The molecule has 0 heterocycles. The van der Waals surface area contributed by atoms with Crippen LogP contribution in [-0.4, -0.2) is 32.4 Å². The SMILES string of the molecule is CCCS(=O)(=O)c1cc(C(=O)O)c(OC)cc1N. The quantitative estimate of drug-likeness (QED) is 0.779. The standard InChI is InChI=1S/C11H15NO5S/c1-3-4-18(15,16)10-5-7(11(13)14)9(17-2)6-8(10)12/h5-6H,3-4,12H2,1-2H3,(H,13,14). The third-order valence-electron chi connectivity index (χ3n) is 2.37. The molecule has 0 radical (unpaired) electrons. The molecule has 7 heteroatoms. The Labute approximate surface area is 105 Å². The molecular formula is C11H15NO5S. The van der Waals surface area contributed by atoms with E-state index in [-0.39, 0.29) is 27.6 Å². The largest absolute Gasteiger partial charge is 0.496 e. The number of carboxylic acid groups (broad SMARTS) is 1. The van der Waals surface area contributed by atoms with E-state index < -0.39 is 15.8 Å². The summed E-state index contributed by atoms with van der Waals surface area (Å²) in [6.45, 7) is 1.72. The van der Waals surface area contributed by atoms with Crippen LogP contribution in [0, 0.1) is 0 Å². The number of benzene rings is 1. The second-order valence-electron chi connectivity index (χ2n) is 3.71. The van der Waals surface area contributed by atoms with Crippen LogP contribution in [0.25, 0.3) is 0 Å². The molecule has 0 aliphatic carbocycles. The van der Waals surface area contributed by atoms with Crippen molar-refractivity contribution in [3.05, 3.63) is 17.7 Å². The Kier molecular flexibility index (Phi) is 4.18. The fourth-order valence-corrected chi connectivity index (χ4v) is 3.03. The Balaban J connectivity index is 3.48.